The first-order valence-corrected chi connectivity index (χ1v) is 14.9. The monoisotopic (exact) mass is 601 g/mol. The number of carbonyl (C=O) groups is 3. The molecule has 2 aliphatic heterocycles. The SMILES string of the molecule is COc1ccc([C@@H]2c3sc(=O)n(CC(=O)Nc4ccc(C)cc4)c3S[C@H]3C(=O)N(c4ccc(OC)cc4)C(=O)[C@@H]23)cc1. The quantitative estimate of drug-likeness (QED) is 0.307. The number of fused-ring (bicyclic) bond motifs is 2. The molecule has 3 heterocycles. The fraction of sp³-hybridized carbons (Fsp3) is 0.226. The van der Waals surface area contributed by atoms with E-state index in [9.17, 15) is 19.2 Å². The van der Waals surface area contributed by atoms with E-state index in [0.29, 0.717) is 32.8 Å². The van der Waals surface area contributed by atoms with Crippen LogP contribution in [-0.2, 0) is 20.9 Å². The van der Waals surface area contributed by atoms with Crippen molar-refractivity contribution in [2.75, 3.05) is 24.4 Å². The van der Waals surface area contributed by atoms with E-state index in [1.807, 2.05) is 31.2 Å². The number of amides is 3. The van der Waals surface area contributed by atoms with Gasteiger partial charge in [-0.1, -0.05) is 52.9 Å². The molecule has 3 atom stereocenters. The van der Waals surface area contributed by atoms with Crippen LogP contribution in [0, 0.1) is 12.8 Å². The Kier molecular flexibility index (Phi) is 7.38. The summed E-state index contributed by atoms with van der Waals surface area (Å²) < 4.78 is 12.0. The average molecular weight is 602 g/mol. The van der Waals surface area contributed by atoms with E-state index in [-0.39, 0.29) is 29.1 Å². The number of rotatable bonds is 7. The molecule has 1 aromatic heterocycles. The van der Waals surface area contributed by atoms with Crippen molar-refractivity contribution in [2.24, 2.45) is 5.92 Å². The molecular weight excluding hydrogens is 574 g/mol. The van der Waals surface area contributed by atoms with Gasteiger partial charge in [0.05, 0.1) is 30.9 Å². The molecule has 0 spiro atoms. The molecule has 1 N–H and O–H groups in total. The molecule has 0 radical (unpaired) electrons. The Balaban J connectivity index is 1.40. The Hall–Kier alpha value is -4.35. The minimum absolute atomic E-state index is 0.220. The van der Waals surface area contributed by atoms with Crippen molar-refractivity contribution >= 4 is 52.2 Å². The van der Waals surface area contributed by atoms with Crippen molar-refractivity contribution in [2.45, 2.75) is 29.7 Å². The highest BCUT2D eigenvalue weighted by Gasteiger charge is 2.56. The van der Waals surface area contributed by atoms with Crippen LogP contribution < -0.4 is 24.6 Å². The summed E-state index contributed by atoms with van der Waals surface area (Å²) in [7, 11) is 3.12. The molecule has 9 nitrogen and oxygen atoms in total. The number of nitrogens with one attached hydrogen (secondary N) is 1. The zero-order chi connectivity index (χ0) is 29.5. The number of nitrogens with zero attached hydrogens (tertiary/aromatic N) is 2. The number of imide groups is 1. The van der Waals surface area contributed by atoms with Crippen molar-refractivity contribution in [3.05, 3.63) is 98.5 Å². The lowest BCUT2D eigenvalue weighted by Gasteiger charge is -2.30. The average Bonchev–Trinajstić information content (AvgIpc) is 3.44. The molecule has 0 bridgehead atoms. The summed E-state index contributed by atoms with van der Waals surface area (Å²) >= 11 is 2.19. The van der Waals surface area contributed by atoms with Gasteiger partial charge in [-0.15, -0.1) is 0 Å². The van der Waals surface area contributed by atoms with Crippen LogP contribution in [0.4, 0.5) is 11.4 Å². The van der Waals surface area contributed by atoms with Gasteiger partial charge in [0.2, 0.25) is 17.7 Å². The van der Waals surface area contributed by atoms with Gasteiger partial charge in [-0.05, 0) is 61.0 Å². The van der Waals surface area contributed by atoms with Crippen LogP contribution in [0.5, 0.6) is 11.5 Å². The fourth-order valence-corrected chi connectivity index (χ4v) is 8.17. The highest BCUT2D eigenvalue weighted by atomic mass is 32.2. The number of thioether (sulfide) groups is 1. The molecule has 1 saturated heterocycles. The number of aromatic nitrogens is 1. The van der Waals surface area contributed by atoms with Crippen LogP contribution in [0.25, 0.3) is 0 Å². The molecule has 3 aromatic carbocycles. The third kappa shape index (κ3) is 4.88. The number of anilines is 2. The second kappa shape index (κ2) is 11.1. The summed E-state index contributed by atoms with van der Waals surface area (Å²) in [6.07, 6.45) is 0. The van der Waals surface area contributed by atoms with Gasteiger partial charge in [-0.2, -0.15) is 0 Å². The van der Waals surface area contributed by atoms with Crippen LogP contribution in [0.3, 0.4) is 0 Å². The van der Waals surface area contributed by atoms with Gasteiger partial charge in [0.1, 0.15) is 23.3 Å². The van der Waals surface area contributed by atoms with Gasteiger partial charge in [-0.3, -0.25) is 23.7 Å². The van der Waals surface area contributed by atoms with Gasteiger partial charge < -0.3 is 14.8 Å². The second-order valence-electron chi connectivity index (χ2n) is 10.1. The normalized spacial score (nSPS) is 19.3. The summed E-state index contributed by atoms with van der Waals surface area (Å²) in [5, 5.41) is 2.59. The van der Waals surface area contributed by atoms with Crippen LogP contribution in [0.1, 0.15) is 21.9 Å². The van der Waals surface area contributed by atoms with Gasteiger partial charge in [0.15, 0.2) is 0 Å². The largest absolute Gasteiger partial charge is 0.497 e. The standard InChI is InChI=1S/C31H27N3O6S2/c1-17-4-8-19(9-5-17)32-23(35)16-33-30-27(42-31(33)38)24(18-6-12-21(39-2)13-7-18)25-26(41-30)29(37)34(28(25)36)20-10-14-22(40-3)15-11-20/h4-15,24-26H,16H2,1-3H3,(H,32,35)/t24-,25-,26+/m0/s1. The number of methoxy groups -OCH3 is 2. The van der Waals surface area contributed by atoms with Crippen molar-refractivity contribution in [3.63, 3.8) is 0 Å². The second-order valence-corrected chi connectivity index (χ2v) is 12.2. The summed E-state index contributed by atoms with van der Waals surface area (Å²) in [5.41, 5.74) is 2.92. The molecule has 4 aromatic rings. The molecule has 0 unspecified atom stereocenters. The first-order valence-electron chi connectivity index (χ1n) is 13.2. The van der Waals surface area contributed by atoms with E-state index < -0.39 is 17.1 Å². The maximum atomic E-state index is 14.0. The van der Waals surface area contributed by atoms with Gasteiger partial charge >= 0.3 is 4.87 Å². The number of hydrogen-bond donors (Lipinski definition) is 1. The van der Waals surface area contributed by atoms with Crippen molar-refractivity contribution < 1.29 is 23.9 Å². The van der Waals surface area contributed by atoms with E-state index in [1.54, 1.807) is 62.8 Å². The number of aryl methyl sites for hydroxylation is 1. The molecule has 42 heavy (non-hydrogen) atoms. The third-order valence-electron chi connectivity index (χ3n) is 7.49. The van der Waals surface area contributed by atoms with Crippen molar-refractivity contribution in [1.82, 2.24) is 4.57 Å². The molecule has 0 aliphatic carbocycles. The Morgan fingerprint density at radius 3 is 2.10 bits per heavy atom. The van der Waals surface area contributed by atoms with Crippen LogP contribution in [0.15, 0.2) is 82.6 Å². The molecule has 3 amide bonds. The predicted molar refractivity (Wildman–Crippen MR) is 162 cm³/mol. The molecule has 11 heteroatoms. The fourth-order valence-electron chi connectivity index (χ4n) is 5.39. The Morgan fingerprint density at radius 1 is 0.857 bits per heavy atom. The van der Waals surface area contributed by atoms with Crippen molar-refractivity contribution in [3.8, 4) is 11.5 Å². The third-order valence-corrected chi connectivity index (χ3v) is 10.1. The van der Waals surface area contributed by atoms with E-state index in [2.05, 4.69) is 5.32 Å². The first-order chi connectivity index (χ1) is 20.3. The van der Waals surface area contributed by atoms with E-state index in [4.69, 9.17) is 9.47 Å². The van der Waals surface area contributed by atoms with Gasteiger partial charge in [0, 0.05) is 16.5 Å². The molecule has 1 fully saturated rings. The lowest BCUT2D eigenvalue weighted by atomic mass is 9.83. The van der Waals surface area contributed by atoms with E-state index in [1.165, 1.54) is 21.2 Å². The highest BCUT2D eigenvalue weighted by molar-refractivity contribution is 8.00. The maximum Gasteiger partial charge on any atom is 0.308 e. The van der Waals surface area contributed by atoms with Crippen LogP contribution >= 0.6 is 23.1 Å². The van der Waals surface area contributed by atoms with E-state index >= 15 is 0 Å². The number of hydrogen-bond acceptors (Lipinski definition) is 8. The Bertz CT molecular complexity index is 1730. The summed E-state index contributed by atoms with van der Waals surface area (Å²) in [6, 6.07) is 21.4. The Morgan fingerprint density at radius 2 is 1.48 bits per heavy atom. The summed E-state index contributed by atoms with van der Waals surface area (Å²) in [6.45, 7) is 1.74. The summed E-state index contributed by atoms with van der Waals surface area (Å²) in [4.78, 5) is 55.8. The molecule has 214 valence electrons. The van der Waals surface area contributed by atoms with Gasteiger partial charge in [0.25, 0.3) is 0 Å². The Labute approximate surface area is 250 Å². The minimum Gasteiger partial charge on any atom is -0.497 e. The lowest BCUT2D eigenvalue weighted by molar-refractivity contribution is -0.122. The number of thiazole rings is 1. The van der Waals surface area contributed by atoms with Gasteiger partial charge in [-0.25, -0.2) is 4.90 Å². The lowest BCUT2D eigenvalue weighted by Crippen LogP contribution is -2.33. The smallest absolute Gasteiger partial charge is 0.308 e. The number of carbonyl (C=O) groups excluding carboxylic acids is 3. The summed E-state index contributed by atoms with van der Waals surface area (Å²) in [5.74, 6) is -1.10. The zero-order valence-electron chi connectivity index (χ0n) is 23.0. The van der Waals surface area contributed by atoms with Crippen LogP contribution in [0.2, 0.25) is 0 Å². The molecule has 6 rings (SSSR count). The highest BCUT2D eigenvalue weighted by Crippen LogP contribution is 2.54. The van der Waals surface area contributed by atoms with Crippen LogP contribution in [-0.4, -0.2) is 41.8 Å². The van der Waals surface area contributed by atoms with Crippen molar-refractivity contribution in [1.29, 1.82) is 0 Å². The molecular formula is C31H27N3O6S2. The number of ether oxygens (including phenoxy) is 2. The number of benzene rings is 3. The topological polar surface area (TPSA) is 107 Å². The zero-order valence-corrected chi connectivity index (χ0v) is 24.7. The maximum absolute atomic E-state index is 14.0. The minimum atomic E-state index is -0.778. The predicted octanol–water partition coefficient (Wildman–Crippen LogP) is 4.67. The molecule has 0 saturated carbocycles. The first kappa shape index (κ1) is 27.8. The molecule has 2 aliphatic rings. The van der Waals surface area contributed by atoms with E-state index in [0.717, 1.165) is 22.5 Å².